The van der Waals surface area contributed by atoms with Gasteiger partial charge >= 0.3 is 11.7 Å². The third kappa shape index (κ3) is 5.18. The van der Waals surface area contributed by atoms with Gasteiger partial charge < -0.3 is 10.4 Å². The number of aromatic amines is 1. The zero-order valence-corrected chi connectivity index (χ0v) is 12.7. The second kappa shape index (κ2) is 7.78. The fourth-order valence-corrected chi connectivity index (χ4v) is 1.91. The second-order valence-electron chi connectivity index (χ2n) is 5.45. The molecule has 0 bridgehead atoms. The van der Waals surface area contributed by atoms with E-state index in [1.54, 1.807) is 6.92 Å². The maximum atomic E-state index is 11.7. The van der Waals surface area contributed by atoms with Crippen molar-refractivity contribution >= 4 is 5.97 Å². The molecule has 0 unspecified atom stereocenters. The standard InChI is InChI=1S/C14H23N3O4/c1-4-10-7-17(14(21)16-12(10)18)8-11(13(19)20)15-6-5-9(2)3/h7,9,11,15H,4-6,8H2,1-3H3,(H,19,20)(H,16,18,21)/t11-/m0/s1. The molecule has 1 heterocycles. The van der Waals surface area contributed by atoms with Gasteiger partial charge in [0, 0.05) is 11.8 Å². The topological polar surface area (TPSA) is 104 Å². The number of hydrogen-bond acceptors (Lipinski definition) is 4. The van der Waals surface area contributed by atoms with Crippen molar-refractivity contribution in [3.8, 4) is 0 Å². The maximum Gasteiger partial charge on any atom is 0.328 e. The number of aliphatic carboxylic acids is 1. The summed E-state index contributed by atoms with van der Waals surface area (Å²) >= 11 is 0. The number of hydrogen-bond donors (Lipinski definition) is 3. The van der Waals surface area contributed by atoms with Crippen molar-refractivity contribution in [2.75, 3.05) is 6.54 Å². The summed E-state index contributed by atoms with van der Waals surface area (Å²) in [5.41, 5.74) is -0.548. The molecule has 1 atom stereocenters. The molecule has 0 aliphatic carbocycles. The van der Waals surface area contributed by atoms with Gasteiger partial charge in [-0.15, -0.1) is 0 Å². The number of H-pyrrole nitrogens is 1. The molecule has 0 aliphatic heterocycles. The minimum Gasteiger partial charge on any atom is -0.480 e. The van der Waals surface area contributed by atoms with Gasteiger partial charge in [-0.2, -0.15) is 0 Å². The molecule has 7 heteroatoms. The summed E-state index contributed by atoms with van der Waals surface area (Å²) in [6.45, 7) is 6.45. The van der Waals surface area contributed by atoms with E-state index in [9.17, 15) is 19.5 Å². The van der Waals surface area contributed by atoms with Crippen molar-refractivity contribution < 1.29 is 9.90 Å². The summed E-state index contributed by atoms with van der Waals surface area (Å²) < 4.78 is 1.24. The van der Waals surface area contributed by atoms with Crippen LogP contribution < -0.4 is 16.6 Å². The van der Waals surface area contributed by atoms with E-state index in [1.165, 1.54) is 10.8 Å². The summed E-state index contributed by atoms with van der Waals surface area (Å²) in [6.07, 6.45) is 2.76. The molecule has 21 heavy (non-hydrogen) atoms. The van der Waals surface area contributed by atoms with Crippen molar-refractivity contribution in [3.05, 3.63) is 32.6 Å². The molecular formula is C14H23N3O4. The highest BCUT2D eigenvalue weighted by atomic mass is 16.4. The van der Waals surface area contributed by atoms with Crippen molar-refractivity contribution in [1.29, 1.82) is 0 Å². The molecule has 0 spiro atoms. The summed E-state index contributed by atoms with van der Waals surface area (Å²) in [7, 11) is 0. The first-order valence-corrected chi connectivity index (χ1v) is 7.14. The minimum absolute atomic E-state index is 0.0178. The van der Waals surface area contributed by atoms with Crippen LogP contribution in [0.2, 0.25) is 0 Å². The molecule has 1 rings (SSSR count). The third-order valence-corrected chi connectivity index (χ3v) is 3.26. The highest BCUT2D eigenvalue weighted by Gasteiger charge is 2.18. The van der Waals surface area contributed by atoms with Crippen LogP contribution in [0.15, 0.2) is 15.8 Å². The Kier molecular flexibility index (Phi) is 6.36. The van der Waals surface area contributed by atoms with E-state index in [4.69, 9.17) is 0 Å². The van der Waals surface area contributed by atoms with Gasteiger partial charge in [-0.25, -0.2) is 4.79 Å². The van der Waals surface area contributed by atoms with Crippen LogP contribution in [0.25, 0.3) is 0 Å². The van der Waals surface area contributed by atoms with Crippen LogP contribution >= 0.6 is 0 Å². The molecule has 118 valence electrons. The molecule has 3 N–H and O–H groups in total. The average molecular weight is 297 g/mol. The lowest BCUT2D eigenvalue weighted by Crippen LogP contribution is -2.44. The van der Waals surface area contributed by atoms with Crippen molar-refractivity contribution in [2.24, 2.45) is 5.92 Å². The maximum absolute atomic E-state index is 11.7. The van der Waals surface area contributed by atoms with Gasteiger partial charge in [0.15, 0.2) is 0 Å². The lowest BCUT2D eigenvalue weighted by atomic mass is 10.1. The van der Waals surface area contributed by atoms with Crippen LogP contribution in [0.3, 0.4) is 0 Å². The van der Waals surface area contributed by atoms with Crippen molar-refractivity contribution in [1.82, 2.24) is 14.9 Å². The van der Waals surface area contributed by atoms with Crippen LogP contribution in [-0.4, -0.2) is 33.2 Å². The Morgan fingerprint density at radius 3 is 2.62 bits per heavy atom. The van der Waals surface area contributed by atoms with E-state index in [0.717, 1.165) is 6.42 Å². The van der Waals surface area contributed by atoms with E-state index in [-0.39, 0.29) is 6.54 Å². The van der Waals surface area contributed by atoms with E-state index < -0.39 is 23.3 Å². The Hall–Kier alpha value is -1.89. The van der Waals surface area contributed by atoms with Gasteiger partial charge in [0.1, 0.15) is 6.04 Å². The van der Waals surface area contributed by atoms with Crippen LogP contribution in [0.5, 0.6) is 0 Å². The fraction of sp³-hybridized carbons (Fsp3) is 0.643. The highest BCUT2D eigenvalue weighted by molar-refractivity contribution is 5.73. The van der Waals surface area contributed by atoms with Crippen molar-refractivity contribution in [3.63, 3.8) is 0 Å². The number of aryl methyl sites for hydroxylation is 1. The summed E-state index contributed by atoms with van der Waals surface area (Å²) in [6, 6.07) is -0.864. The van der Waals surface area contributed by atoms with Gasteiger partial charge in [-0.3, -0.25) is 19.1 Å². The molecule has 0 aromatic carbocycles. The second-order valence-corrected chi connectivity index (χ2v) is 5.45. The van der Waals surface area contributed by atoms with E-state index in [0.29, 0.717) is 24.4 Å². The molecule has 0 amide bonds. The molecule has 1 aromatic rings. The molecule has 0 saturated carbocycles. The lowest BCUT2D eigenvalue weighted by molar-refractivity contribution is -0.139. The van der Waals surface area contributed by atoms with Crippen LogP contribution in [0, 0.1) is 5.92 Å². The van der Waals surface area contributed by atoms with Crippen LogP contribution in [0.1, 0.15) is 32.8 Å². The van der Waals surface area contributed by atoms with Crippen LogP contribution in [-0.2, 0) is 17.8 Å². The monoisotopic (exact) mass is 297 g/mol. The Labute approximate surface area is 123 Å². The minimum atomic E-state index is -1.02. The molecule has 0 aliphatic rings. The Morgan fingerprint density at radius 2 is 2.10 bits per heavy atom. The number of carbonyl (C=O) groups is 1. The Balaban J connectivity index is 2.86. The predicted octanol–water partition coefficient (Wildman–Crippen LogP) is 0.188. The number of nitrogens with zero attached hydrogens (tertiary/aromatic N) is 1. The molecule has 0 fully saturated rings. The number of carboxylic acids is 1. The third-order valence-electron chi connectivity index (χ3n) is 3.26. The predicted molar refractivity (Wildman–Crippen MR) is 79.6 cm³/mol. The number of aromatic nitrogens is 2. The Morgan fingerprint density at radius 1 is 1.43 bits per heavy atom. The summed E-state index contributed by atoms with van der Waals surface area (Å²) in [4.78, 5) is 36.7. The number of nitrogens with one attached hydrogen (secondary N) is 2. The zero-order chi connectivity index (χ0) is 16.0. The smallest absolute Gasteiger partial charge is 0.328 e. The highest BCUT2D eigenvalue weighted by Crippen LogP contribution is 1.99. The summed E-state index contributed by atoms with van der Waals surface area (Å²) in [5, 5.41) is 12.1. The van der Waals surface area contributed by atoms with Gasteiger partial charge in [-0.1, -0.05) is 20.8 Å². The van der Waals surface area contributed by atoms with Gasteiger partial charge in [0.2, 0.25) is 0 Å². The molecule has 7 nitrogen and oxygen atoms in total. The number of carboxylic acid groups (broad SMARTS) is 1. The SMILES string of the molecule is CCc1cn(C[C@H](NCCC(C)C)C(=O)O)c(=O)[nH]c1=O. The quantitative estimate of drug-likeness (QED) is 0.635. The van der Waals surface area contributed by atoms with Gasteiger partial charge in [0.05, 0.1) is 6.54 Å². The Bertz CT molecular complexity index is 589. The van der Waals surface area contributed by atoms with Gasteiger partial charge in [-0.05, 0) is 25.3 Å². The van der Waals surface area contributed by atoms with E-state index in [1.807, 2.05) is 0 Å². The van der Waals surface area contributed by atoms with Crippen molar-refractivity contribution in [2.45, 2.75) is 46.2 Å². The van der Waals surface area contributed by atoms with Crippen LogP contribution in [0.4, 0.5) is 0 Å². The van der Waals surface area contributed by atoms with E-state index in [2.05, 4.69) is 24.1 Å². The fourth-order valence-electron chi connectivity index (χ4n) is 1.91. The van der Waals surface area contributed by atoms with E-state index >= 15 is 0 Å². The average Bonchev–Trinajstić information content (AvgIpc) is 2.39. The zero-order valence-electron chi connectivity index (χ0n) is 12.7. The molecule has 0 radical (unpaired) electrons. The number of rotatable bonds is 8. The first kappa shape index (κ1) is 17.2. The normalized spacial score (nSPS) is 12.6. The lowest BCUT2D eigenvalue weighted by Gasteiger charge is -2.16. The summed E-state index contributed by atoms with van der Waals surface area (Å²) in [5.74, 6) is -0.552. The molecule has 0 saturated heterocycles. The first-order chi connectivity index (χ1) is 9.85. The largest absolute Gasteiger partial charge is 0.480 e. The first-order valence-electron chi connectivity index (χ1n) is 7.14. The molecular weight excluding hydrogens is 274 g/mol. The van der Waals surface area contributed by atoms with Gasteiger partial charge in [0.25, 0.3) is 5.56 Å². The molecule has 1 aromatic heterocycles.